The minimum atomic E-state index is 0.529. The maximum Gasteiger partial charge on any atom is 0.0321 e. The standard InChI is InChI=1S/C16H23BrN2/c1-13(14-5-4-6-15(17)11-14)19-10-9-18-8-3-2-7-16(18)12-19/h4-6,11,13,16H,2-3,7-10,12H2,1H3/t13-,16+/m1/s1. The molecule has 0 aliphatic carbocycles. The zero-order valence-electron chi connectivity index (χ0n) is 11.7. The van der Waals surface area contributed by atoms with E-state index < -0.39 is 0 Å². The summed E-state index contributed by atoms with van der Waals surface area (Å²) >= 11 is 3.58. The Morgan fingerprint density at radius 1 is 1.21 bits per heavy atom. The van der Waals surface area contributed by atoms with E-state index in [1.54, 1.807) is 0 Å². The summed E-state index contributed by atoms with van der Waals surface area (Å²) in [5.74, 6) is 0. The normalized spacial score (nSPS) is 26.9. The third-order valence-corrected chi connectivity index (χ3v) is 5.24. The second kappa shape index (κ2) is 5.94. The zero-order valence-corrected chi connectivity index (χ0v) is 13.3. The Morgan fingerprint density at radius 2 is 2.11 bits per heavy atom. The number of rotatable bonds is 2. The van der Waals surface area contributed by atoms with E-state index in [2.05, 4.69) is 56.9 Å². The maximum absolute atomic E-state index is 3.58. The van der Waals surface area contributed by atoms with Gasteiger partial charge in [-0.25, -0.2) is 0 Å². The number of benzene rings is 1. The molecule has 2 atom stereocenters. The van der Waals surface area contributed by atoms with Crippen molar-refractivity contribution in [3.63, 3.8) is 0 Å². The predicted molar refractivity (Wildman–Crippen MR) is 83.3 cm³/mol. The first-order chi connectivity index (χ1) is 9.24. The fraction of sp³-hybridized carbons (Fsp3) is 0.625. The Labute approximate surface area is 124 Å². The van der Waals surface area contributed by atoms with E-state index in [9.17, 15) is 0 Å². The van der Waals surface area contributed by atoms with Crippen LogP contribution in [-0.4, -0.2) is 42.0 Å². The van der Waals surface area contributed by atoms with Crippen molar-refractivity contribution in [1.82, 2.24) is 9.80 Å². The molecule has 0 saturated carbocycles. The van der Waals surface area contributed by atoms with Gasteiger partial charge in [0, 0.05) is 36.2 Å². The molecule has 2 aliphatic heterocycles. The van der Waals surface area contributed by atoms with E-state index in [1.807, 2.05) is 0 Å². The molecule has 2 aliphatic rings. The molecule has 2 saturated heterocycles. The molecule has 0 amide bonds. The monoisotopic (exact) mass is 322 g/mol. The third-order valence-electron chi connectivity index (χ3n) is 4.75. The SMILES string of the molecule is C[C@H](c1cccc(Br)c1)N1CCN2CCCC[C@H]2C1. The van der Waals surface area contributed by atoms with Crippen LogP contribution < -0.4 is 0 Å². The number of fused-ring (bicyclic) bond motifs is 1. The fourth-order valence-corrected chi connectivity index (χ4v) is 3.93. The summed E-state index contributed by atoms with van der Waals surface area (Å²) in [5, 5.41) is 0. The highest BCUT2D eigenvalue weighted by atomic mass is 79.9. The Kier molecular flexibility index (Phi) is 4.25. The number of nitrogens with zero attached hydrogens (tertiary/aromatic N) is 2. The fourth-order valence-electron chi connectivity index (χ4n) is 3.51. The highest BCUT2D eigenvalue weighted by Gasteiger charge is 2.31. The smallest absolute Gasteiger partial charge is 0.0321 e. The molecular weight excluding hydrogens is 300 g/mol. The van der Waals surface area contributed by atoms with Crippen LogP contribution in [0.3, 0.4) is 0 Å². The molecule has 19 heavy (non-hydrogen) atoms. The lowest BCUT2D eigenvalue weighted by atomic mass is 9.97. The van der Waals surface area contributed by atoms with Gasteiger partial charge in [0.15, 0.2) is 0 Å². The van der Waals surface area contributed by atoms with Gasteiger partial charge >= 0.3 is 0 Å². The van der Waals surface area contributed by atoms with Crippen LogP contribution in [0.25, 0.3) is 0 Å². The summed E-state index contributed by atoms with van der Waals surface area (Å²) in [7, 11) is 0. The van der Waals surface area contributed by atoms with Crippen LogP contribution in [0, 0.1) is 0 Å². The summed E-state index contributed by atoms with van der Waals surface area (Å²) in [5.41, 5.74) is 1.43. The van der Waals surface area contributed by atoms with Crippen molar-refractivity contribution in [3.05, 3.63) is 34.3 Å². The lowest BCUT2D eigenvalue weighted by Crippen LogP contribution is -2.55. The van der Waals surface area contributed by atoms with Gasteiger partial charge in [-0.3, -0.25) is 9.80 Å². The summed E-state index contributed by atoms with van der Waals surface area (Å²) in [4.78, 5) is 5.36. The lowest BCUT2D eigenvalue weighted by molar-refractivity contribution is 0.0307. The van der Waals surface area contributed by atoms with Crippen molar-refractivity contribution in [2.75, 3.05) is 26.2 Å². The van der Waals surface area contributed by atoms with Crippen LogP contribution in [-0.2, 0) is 0 Å². The number of piperazine rings is 1. The van der Waals surface area contributed by atoms with Crippen LogP contribution >= 0.6 is 15.9 Å². The highest BCUT2D eigenvalue weighted by Crippen LogP contribution is 2.28. The molecule has 0 radical (unpaired) electrons. The molecular formula is C16H23BrN2. The van der Waals surface area contributed by atoms with Gasteiger partial charge in [-0.2, -0.15) is 0 Å². The van der Waals surface area contributed by atoms with Gasteiger partial charge in [-0.15, -0.1) is 0 Å². The minimum absolute atomic E-state index is 0.529. The lowest BCUT2D eigenvalue weighted by Gasteiger charge is -2.46. The van der Waals surface area contributed by atoms with Gasteiger partial charge in [0.1, 0.15) is 0 Å². The van der Waals surface area contributed by atoms with Crippen molar-refractivity contribution < 1.29 is 0 Å². The average Bonchev–Trinajstić information content (AvgIpc) is 2.46. The molecule has 104 valence electrons. The Morgan fingerprint density at radius 3 is 2.95 bits per heavy atom. The van der Waals surface area contributed by atoms with Gasteiger partial charge in [-0.1, -0.05) is 34.5 Å². The van der Waals surface area contributed by atoms with Crippen molar-refractivity contribution in [2.24, 2.45) is 0 Å². The van der Waals surface area contributed by atoms with E-state index in [0.717, 1.165) is 6.04 Å². The maximum atomic E-state index is 3.58. The summed E-state index contributed by atoms with van der Waals surface area (Å²) in [6, 6.07) is 10.1. The average molecular weight is 323 g/mol. The molecule has 1 aromatic rings. The van der Waals surface area contributed by atoms with Gasteiger partial charge in [0.05, 0.1) is 0 Å². The highest BCUT2D eigenvalue weighted by molar-refractivity contribution is 9.10. The zero-order chi connectivity index (χ0) is 13.2. The first kappa shape index (κ1) is 13.6. The minimum Gasteiger partial charge on any atom is -0.298 e. The van der Waals surface area contributed by atoms with Crippen LogP contribution in [0.5, 0.6) is 0 Å². The first-order valence-corrected chi connectivity index (χ1v) is 8.27. The summed E-state index contributed by atoms with van der Waals surface area (Å²) in [6.07, 6.45) is 4.21. The van der Waals surface area contributed by atoms with Gasteiger partial charge in [0.25, 0.3) is 0 Å². The molecule has 2 fully saturated rings. The molecule has 0 aromatic heterocycles. The largest absolute Gasteiger partial charge is 0.298 e. The van der Waals surface area contributed by atoms with Gasteiger partial charge in [-0.05, 0) is 44.0 Å². The number of piperidine rings is 1. The Hall–Kier alpha value is -0.380. The van der Waals surface area contributed by atoms with E-state index in [1.165, 1.54) is 55.5 Å². The van der Waals surface area contributed by atoms with E-state index in [0.29, 0.717) is 6.04 Å². The second-order valence-electron chi connectivity index (χ2n) is 5.91. The Balaban J connectivity index is 1.69. The van der Waals surface area contributed by atoms with Crippen molar-refractivity contribution in [1.29, 1.82) is 0 Å². The van der Waals surface area contributed by atoms with E-state index in [-0.39, 0.29) is 0 Å². The summed E-state index contributed by atoms with van der Waals surface area (Å²) in [6.45, 7) is 7.38. The number of hydrogen-bond acceptors (Lipinski definition) is 2. The molecule has 2 heterocycles. The Bertz CT molecular complexity index is 435. The van der Waals surface area contributed by atoms with Gasteiger partial charge in [0.2, 0.25) is 0 Å². The molecule has 1 aromatic carbocycles. The quantitative estimate of drug-likeness (QED) is 0.819. The molecule has 3 heteroatoms. The molecule has 2 nitrogen and oxygen atoms in total. The first-order valence-electron chi connectivity index (χ1n) is 7.47. The molecule has 0 bridgehead atoms. The molecule has 0 unspecified atom stereocenters. The number of halogens is 1. The van der Waals surface area contributed by atoms with Crippen molar-refractivity contribution in [2.45, 2.75) is 38.3 Å². The van der Waals surface area contributed by atoms with Crippen LogP contribution in [0.2, 0.25) is 0 Å². The molecule has 0 spiro atoms. The van der Waals surface area contributed by atoms with E-state index in [4.69, 9.17) is 0 Å². The van der Waals surface area contributed by atoms with E-state index >= 15 is 0 Å². The van der Waals surface area contributed by atoms with Crippen LogP contribution in [0.4, 0.5) is 0 Å². The van der Waals surface area contributed by atoms with Gasteiger partial charge < -0.3 is 0 Å². The van der Waals surface area contributed by atoms with Crippen LogP contribution in [0.1, 0.15) is 37.8 Å². The second-order valence-corrected chi connectivity index (χ2v) is 6.83. The topological polar surface area (TPSA) is 6.48 Å². The van der Waals surface area contributed by atoms with Crippen LogP contribution in [0.15, 0.2) is 28.7 Å². The van der Waals surface area contributed by atoms with Crippen molar-refractivity contribution in [3.8, 4) is 0 Å². The molecule has 0 N–H and O–H groups in total. The summed E-state index contributed by atoms with van der Waals surface area (Å²) < 4.78 is 1.19. The third kappa shape index (κ3) is 3.04. The predicted octanol–water partition coefficient (Wildman–Crippen LogP) is 3.68. The van der Waals surface area contributed by atoms with Crippen molar-refractivity contribution >= 4 is 15.9 Å². The molecule has 3 rings (SSSR count). The number of hydrogen-bond donors (Lipinski definition) is 0.